The maximum atomic E-state index is 13.4. The molecule has 10 heteroatoms. The van der Waals surface area contributed by atoms with Gasteiger partial charge in [-0.2, -0.15) is 4.98 Å². The van der Waals surface area contributed by atoms with Crippen LogP contribution >= 0.6 is 0 Å². The molecule has 0 amide bonds. The fourth-order valence-corrected chi connectivity index (χ4v) is 4.08. The molecule has 0 atom stereocenters. The first-order chi connectivity index (χ1) is 13.7. The summed E-state index contributed by atoms with van der Waals surface area (Å²) in [5, 5.41) is 6.94. The summed E-state index contributed by atoms with van der Waals surface area (Å²) in [5.41, 5.74) is 2.84. The Labute approximate surface area is 166 Å². The van der Waals surface area contributed by atoms with Gasteiger partial charge in [-0.15, -0.1) is 5.10 Å². The van der Waals surface area contributed by atoms with Crippen molar-refractivity contribution < 1.29 is 17.2 Å². The largest absolute Gasteiger partial charge is 0.369 e. The number of nitrogens with one attached hydrogen (secondary N) is 1. The average Bonchev–Trinajstić information content (AvgIpc) is 2.99. The molecule has 2 aromatic carbocycles. The lowest BCUT2D eigenvalue weighted by atomic mass is 10.1. The first kappa shape index (κ1) is 19.3. The molecule has 1 aliphatic heterocycles. The van der Waals surface area contributed by atoms with Crippen LogP contribution in [0.4, 0.5) is 26.1 Å². The van der Waals surface area contributed by atoms with Gasteiger partial charge in [-0.1, -0.05) is 0 Å². The third-order valence-electron chi connectivity index (χ3n) is 4.74. The van der Waals surface area contributed by atoms with Gasteiger partial charge in [-0.05, 0) is 42.8 Å². The highest BCUT2D eigenvalue weighted by Gasteiger charge is 2.34. The van der Waals surface area contributed by atoms with Crippen molar-refractivity contribution in [3.05, 3.63) is 59.9 Å². The van der Waals surface area contributed by atoms with Crippen LogP contribution in [-0.2, 0) is 9.84 Å². The molecule has 1 aliphatic rings. The van der Waals surface area contributed by atoms with Crippen LogP contribution in [-0.4, -0.2) is 47.8 Å². The zero-order valence-corrected chi connectivity index (χ0v) is 16.6. The Morgan fingerprint density at radius 3 is 2.38 bits per heavy atom. The summed E-state index contributed by atoms with van der Waals surface area (Å²) in [6.45, 7) is 2.85. The van der Waals surface area contributed by atoms with E-state index in [4.69, 9.17) is 0 Å². The molecule has 1 N–H and O–H groups in total. The van der Waals surface area contributed by atoms with Crippen LogP contribution in [0.3, 0.4) is 0 Å². The number of nitrogens with zero attached hydrogens (tertiary/aromatic N) is 4. The zero-order valence-electron chi connectivity index (χ0n) is 15.8. The number of hydrogen-bond acceptors (Lipinski definition) is 6. The maximum absolute atomic E-state index is 13.4. The number of aryl methyl sites for hydroxylation is 1. The minimum absolute atomic E-state index is 0.223. The highest BCUT2D eigenvalue weighted by Crippen LogP contribution is 2.29. The van der Waals surface area contributed by atoms with E-state index in [9.17, 15) is 17.2 Å². The topological polar surface area (TPSA) is 80.1 Å². The summed E-state index contributed by atoms with van der Waals surface area (Å²) in [7, 11) is -3.04. The molecule has 0 spiro atoms. The predicted molar refractivity (Wildman–Crippen MR) is 107 cm³/mol. The molecule has 0 unspecified atom stereocenters. The van der Waals surface area contributed by atoms with E-state index < -0.39 is 21.5 Å². The van der Waals surface area contributed by atoms with Crippen molar-refractivity contribution >= 4 is 27.2 Å². The number of sulfone groups is 1. The van der Waals surface area contributed by atoms with E-state index in [1.807, 2.05) is 30.0 Å². The summed E-state index contributed by atoms with van der Waals surface area (Å²) in [4.78, 5) is 6.12. The van der Waals surface area contributed by atoms with E-state index in [0.717, 1.165) is 35.1 Å². The first-order valence-corrected chi connectivity index (χ1v) is 10.8. The first-order valence-electron chi connectivity index (χ1n) is 8.88. The lowest BCUT2D eigenvalue weighted by Gasteiger charge is -2.40. The number of anilines is 3. The van der Waals surface area contributed by atoms with Crippen molar-refractivity contribution in [3.63, 3.8) is 0 Å². The third-order valence-corrected chi connectivity index (χ3v) is 6.25. The Morgan fingerprint density at radius 1 is 1.03 bits per heavy atom. The number of halogens is 2. The lowest BCUT2D eigenvalue weighted by Crippen LogP contribution is -2.54. The van der Waals surface area contributed by atoms with Crippen molar-refractivity contribution in [1.29, 1.82) is 0 Å². The summed E-state index contributed by atoms with van der Waals surface area (Å²) in [6, 6.07) is 8.87. The smallest absolute Gasteiger partial charge is 0.246 e. The van der Waals surface area contributed by atoms with Gasteiger partial charge in [0, 0.05) is 36.8 Å². The Morgan fingerprint density at radius 2 is 1.72 bits per heavy atom. The summed E-state index contributed by atoms with van der Waals surface area (Å²) < 4.78 is 51.3. The highest BCUT2D eigenvalue weighted by atomic mass is 32.2. The zero-order chi connectivity index (χ0) is 20.8. The molecule has 1 saturated heterocycles. The van der Waals surface area contributed by atoms with E-state index in [-0.39, 0.29) is 16.9 Å². The Hall–Kier alpha value is -3.01. The molecule has 4 rings (SSSR count). The highest BCUT2D eigenvalue weighted by molar-refractivity contribution is 7.91. The maximum Gasteiger partial charge on any atom is 0.246 e. The monoisotopic (exact) mass is 419 g/mol. The molecule has 1 fully saturated rings. The van der Waals surface area contributed by atoms with Crippen molar-refractivity contribution in [1.82, 2.24) is 14.8 Å². The van der Waals surface area contributed by atoms with Gasteiger partial charge >= 0.3 is 0 Å². The number of aromatic nitrogens is 3. The fraction of sp³-hybridized carbons (Fsp3) is 0.263. The molecule has 3 aromatic rings. The molecular formula is C19H19F2N5O2S. The number of benzene rings is 2. The number of rotatable bonds is 5. The lowest BCUT2D eigenvalue weighted by molar-refractivity contribution is 0.547. The molecule has 29 heavy (non-hydrogen) atoms. The van der Waals surface area contributed by atoms with Crippen LogP contribution in [0.25, 0.3) is 5.69 Å². The summed E-state index contributed by atoms with van der Waals surface area (Å²) in [5.74, 6) is -1.13. The minimum atomic E-state index is -3.04. The molecule has 0 bridgehead atoms. The second-order valence-corrected chi connectivity index (χ2v) is 9.50. The number of hydrogen-bond donors (Lipinski definition) is 1. The van der Waals surface area contributed by atoms with Gasteiger partial charge in [0.05, 0.1) is 10.9 Å². The molecule has 0 radical (unpaired) electrons. The van der Waals surface area contributed by atoms with E-state index in [2.05, 4.69) is 15.4 Å². The standard InChI is InChI=1S/C19H19F2N5O2S/c1-12-3-15(8-16(4-12)25-9-18(10-25)29(2,27)28)23-19-22-11-26(24-19)17-6-13(20)5-14(21)7-17/h3-8,11,18H,9-10H2,1-2H3,(H,23,24). The molecule has 152 valence electrons. The Bertz CT molecular complexity index is 1150. The van der Waals surface area contributed by atoms with Crippen LogP contribution in [0.15, 0.2) is 42.7 Å². The van der Waals surface area contributed by atoms with Crippen molar-refractivity contribution in [2.24, 2.45) is 0 Å². The van der Waals surface area contributed by atoms with E-state index in [1.54, 1.807) is 0 Å². The summed E-state index contributed by atoms with van der Waals surface area (Å²) in [6.07, 6.45) is 2.62. The van der Waals surface area contributed by atoms with E-state index >= 15 is 0 Å². The molecule has 1 aromatic heterocycles. The summed E-state index contributed by atoms with van der Waals surface area (Å²) >= 11 is 0. The molecule has 7 nitrogen and oxygen atoms in total. The van der Waals surface area contributed by atoms with Crippen LogP contribution in [0.5, 0.6) is 0 Å². The quantitative estimate of drug-likeness (QED) is 0.685. The average molecular weight is 419 g/mol. The van der Waals surface area contributed by atoms with Crippen LogP contribution in [0, 0.1) is 18.6 Å². The second-order valence-electron chi connectivity index (χ2n) is 7.18. The van der Waals surface area contributed by atoms with E-state index in [0.29, 0.717) is 13.1 Å². The van der Waals surface area contributed by atoms with Gasteiger partial charge in [0.1, 0.15) is 18.0 Å². The van der Waals surface area contributed by atoms with Gasteiger partial charge in [0.25, 0.3) is 0 Å². The Kier molecular flexibility index (Phi) is 4.73. The van der Waals surface area contributed by atoms with Crippen LogP contribution in [0.1, 0.15) is 5.56 Å². The Balaban J connectivity index is 1.52. The SMILES string of the molecule is Cc1cc(Nc2ncn(-c3cc(F)cc(F)c3)n2)cc(N2CC(S(C)(=O)=O)C2)c1. The molecule has 0 aliphatic carbocycles. The van der Waals surface area contributed by atoms with E-state index in [1.165, 1.54) is 17.3 Å². The third kappa shape index (κ3) is 4.21. The van der Waals surface area contributed by atoms with Gasteiger partial charge in [0.2, 0.25) is 5.95 Å². The minimum Gasteiger partial charge on any atom is -0.369 e. The van der Waals surface area contributed by atoms with Crippen LogP contribution in [0.2, 0.25) is 0 Å². The van der Waals surface area contributed by atoms with Crippen molar-refractivity contribution in [3.8, 4) is 5.69 Å². The normalized spacial score (nSPS) is 14.7. The second kappa shape index (κ2) is 7.11. The molecule has 0 saturated carbocycles. The predicted octanol–water partition coefficient (Wildman–Crippen LogP) is 2.83. The molecule has 2 heterocycles. The van der Waals surface area contributed by atoms with Crippen molar-refractivity contribution in [2.75, 3.05) is 29.6 Å². The van der Waals surface area contributed by atoms with Gasteiger partial charge in [-0.25, -0.2) is 21.9 Å². The van der Waals surface area contributed by atoms with Gasteiger partial charge in [-0.3, -0.25) is 0 Å². The fourth-order valence-electron chi connectivity index (χ4n) is 3.18. The van der Waals surface area contributed by atoms with Crippen molar-refractivity contribution in [2.45, 2.75) is 12.2 Å². The van der Waals surface area contributed by atoms with Crippen LogP contribution < -0.4 is 10.2 Å². The van der Waals surface area contributed by atoms with Gasteiger partial charge < -0.3 is 10.2 Å². The molecular weight excluding hydrogens is 400 g/mol. The van der Waals surface area contributed by atoms with Gasteiger partial charge in [0.15, 0.2) is 9.84 Å².